The average Bonchev–Trinajstić information content (AvgIpc) is 3.28. The lowest BCUT2D eigenvalue weighted by atomic mass is 9.92. The van der Waals surface area contributed by atoms with E-state index in [-0.39, 0.29) is 22.6 Å². The Bertz CT molecular complexity index is 1340. The summed E-state index contributed by atoms with van der Waals surface area (Å²) in [5, 5.41) is 3.62. The third-order valence-corrected chi connectivity index (χ3v) is 8.97. The van der Waals surface area contributed by atoms with Crippen LogP contribution in [-0.4, -0.2) is 25.9 Å². The summed E-state index contributed by atoms with van der Waals surface area (Å²) in [5.41, 5.74) is -0.313. The summed E-state index contributed by atoms with van der Waals surface area (Å²) in [6.07, 6.45) is 3.11. The van der Waals surface area contributed by atoms with Gasteiger partial charge in [0.05, 0.1) is 16.6 Å². The van der Waals surface area contributed by atoms with Gasteiger partial charge in [0.2, 0.25) is 5.91 Å². The van der Waals surface area contributed by atoms with Gasteiger partial charge in [-0.25, -0.2) is 22.2 Å². The monoisotopic (exact) mass is 569 g/mol. The Labute approximate surface area is 225 Å². The number of thiazole rings is 1. The predicted octanol–water partition coefficient (Wildman–Crippen LogP) is 6.52. The number of nitrogens with one attached hydrogen (secondary N) is 1. The molecule has 0 fully saturated rings. The van der Waals surface area contributed by atoms with Gasteiger partial charge in [0.1, 0.15) is 16.6 Å². The lowest BCUT2D eigenvalue weighted by molar-refractivity contribution is -0.121. The fraction of sp³-hybridized carbons (Fsp3) is 0.385. The maximum atomic E-state index is 14.8. The van der Waals surface area contributed by atoms with Crippen LogP contribution in [0.3, 0.4) is 0 Å². The summed E-state index contributed by atoms with van der Waals surface area (Å²) >= 11 is 7.13. The number of carbonyl (C=O) groups is 1. The smallest absolute Gasteiger partial charge is 0.265 e. The number of aromatic nitrogens is 1. The van der Waals surface area contributed by atoms with E-state index >= 15 is 0 Å². The van der Waals surface area contributed by atoms with Gasteiger partial charge in [-0.05, 0) is 61.6 Å². The summed E-state index contributed by atoms with van der Waals surface area (Å²) in [6, 6.07) is 7.12. The summed E-state index contributed by atoms with van der Waals surface area (Å²) in [6.45, 7) is 8.45. The SMILES string of the molecule is CC(c1ncc(CCC(=O)NCCC(C)(C)C)s1)N(c1cc(F)ccc1F)S(=O)(=O)c1ccc(Cl)cc1. The summed E-state index contributed by atoms with van der Waals surface area (Å²) in [4.78, 5) is 17.2. The van der Waals surface area contributed by atoms with Crippen molar-refractivity contribution in [2.24, 2.45) is 5.41 Å². The molecule has 0 saturated carbocycles. The zero-order chi connectivity index (χ0) is 27.4. The van der Waals surface area contributed by atoms with Crippen LogP contribution in [0.25, 0.3) is 0 Å². The first-order valence-electron chi connectivity index (χ1n) is 11.7. The molecule has 0 aliphatic heterocycles. The average molecular weight is 570 g/mol. The van der Waals surface area contributed by atoms with Crippen molar-refractivity contribution in [2.75, 3.05) is 10.8 Å². The van der Waals surface area contributed by atoms with Gasteiger partial charge in [0, 0.05) is 35.1 Å². The Morgan fingerprint density at radius 1 is 1.16 bits per heavy atom. The van der Waals surface area contributed by atoms with Crippen LogP contribution in [0.2, 0.25) is 5.02 Å². The van der Waals surface area contributed by atoms with Gasteiger partial charge in [0.15, 0.2) is 0 Å². The van der Waals surface area contributed by atoms with E-state index in [1.165, 1.54) is 35.6 Å². The van der Waals surface area contributed by atoms with Crippen molar-refractivity contribution in [1.82, 2.24) is 10.3 Å². The van der Waals surface area contributed by atoms with Crippen LogP contribution in [0.15, 0.2) is 53.6 Å². The van der Waals surface area contributed by atoms with E-state index in [9.17, 15) is 22.0 Å². The summed E-state index contributed by atoms with van der Waals surface area (Å²) in [7, 11) is -4.33. The van der Waals surface area contributed by atoms with Gasteiger partial charge in [-0.2, -0.15) is 0 Å². The number of amides is 1. The second-order valence-electron chi connectivity index (χ2n) is 9.85. The van der Waals surface area contributed by atoms with Crippen molar-refractivity contribution in [3.05, 3.63) is 75.2 Å². The van der Waals surface area contributed by atoms with Crippen LogP contribution in [0.5, 0.6) is 0 Å². The standard InChI is InChI=1S/C26H30ClF2N3O3S2/c1-17(25-31-16-20(36-25)8-12-24(33)30-14-13-26(2,3)4)32(23-15-19(28)7-11-22(23)29)37(34,35)21-9-5-18(27)6-10-21/h5-7,9-11,15-17H,8,12-14H2,1-4H3,(H,30,33). The zero-order valence-corrected chi connectivity index (χ0v) is 23.5. The Balaban J connectivity index is 1.84. The van der Waals surface area contributed by atoms with Crippen LogP contribution in [0.1, 0.15) is 56.5 Å². The number of benzene rings is 2. The molecule has 1 aromatic heterocycles. The van der Waals surface area contributed by atoms with E-state index in [1.807, 2.05) is 0 Å². The number of carbonyl (C=O) groups excluding carboxylic acids is 1. The highest BCUT2D eigenvalue weighted by atomic mass is 35.5. The normalized spacial score (nSPS) is 12.8. The van der Waals surface area contributed by atoms with Crippen molar-refractivity contribution in [2.45, 2.75) is 57.9 Å². The third-order valence-electron chi connectivity index (χ3n) is 5.59. The predicted molar refractivity (Wildman–Crippen MR) is 143 cm³/mol. The topological polar surface area (TPSA) is 79.4 Å². The highest BCUT2D eigenvalue weighted by Gasteiger charge is 2.34. The largest absolute Gasteiger partial charge is 0.356 e. The Hall–Kier alpha value is -2.56. The second-order valence-corrected chi connectivity index (χ2v) is 13.3. The number of anilines is 1. The van der Waals surface area contributed by atoms with Crippen molar-refractivity contribution >= 4 is 44.6 Å². The van der Waals surface area contributed by atoms with Crippen LogP contribution in [0.4, 0.5) is 14.5 Å². The quantitative estimate of drug-likeness (QED) is 0.301. The van der Waals surface area contributed by atoms with Crippen LogP contribution in [-0.2, 0) is 21.2 Å². The second kappa shape index (κ2) is 11.9. The minimum Gasteiger partial charge on any atom is -0.356 e. The molecule has 1 atom stereocenters. The zero-order valence-electron chi connectivity index (χ0n) is 21.1. The van der Waals surface area contributed by atoms with Gasteiger partial charge in [-0.3, -0.25) is 9.10 Å². The molecule has 0 aliphatic carbocycles. The Morgan fingerprint density at radius 2 is 1.84 bits per heavy atom. The molecule has 0 saturated heterocycles. The van der Waals surface area contributed by atoms with Crippen molar-refractivity contribution in [3.8, 4) is 0 Å². The summed E-state index contributed by atoms with van der Waals surface area (Å²) in [5.74, 6) is -1.76. The fourth-order valence-corrected chi connectivity index (χ4v) is 6.33. The number of aryl methyl sites for hydroxylation is 1. The maximum absolute atomic E-state index is 14.8. The molecule has 0 radical (unpaired) electrons. The van der Waals surface area contributed by atoms with Crippen LogP contribution in [0, 0.1) is 17.0 Å². The van der Waals surface area contributed by atoms with E-state index in [2.05, 4.69) is 31.1 Å². The molecule has 0 aliphatic rings. The minimum absolute atomic E-state index is 0.0824. The van der Waals surface area contributed by atoms with E-state index in [0.29, 0.717) is 23.0 Å². The van der Waals surface area contributed by atoms with Gasteiger partial charge in [-0.15, -0.1) is 11.3 Å². The number of nitrogens with zero attached hydrogens (tertiary/aromatic N) is 2. The van der Waals surface area contributed by atoms with Crippen molar-refractivity contribution in [3.63, 3.8) is 0 Å². The molecule has 0 spiro atoms. The van der Waals surface area contributed by atoms with E-state index in [4.69, 9.17) is 11.6 Å². The fourth-order valence-electron chi connectivity index (χ4n) is 3.55. The maximum Gasteiger partial charge on any atom is 0.265 e. The van der Waals surface area contributed by atoms with Crippen molar-refractivity contribution < 1.29 is 22.0 Å². The van der Waals surface area contributed by atoms with Crippen molar-refractivity contribution in [1.29, 1.82) is 0 Å². The molecule has 1 heterocycles. The van der Waals surface area contributed by atoms with E-state index < -0.39 is 33.4 Å². The molecule has 200 valence electrons. The van der Waals surface area contributed by atoms with Gasteiger partial charge in [-0.1, -0.05) is 32.4 Å². The molecule has 1 amide bonds. The molecule has 2 aromatic carbocycles. The number of sulfonamides is 1. The molecule has 1 unspecified atom stereocenters. The Kier molecular flexibility index (Phi) is 9.31. The Morgan fingerprint density at radius 3 is 2.49 bits per heavy atom. The lowest BCUT2D eigenvalue weighted by Crippen LogP contribution is -2.34. The molecule has 1 N–H and O–H groups in total. The van der Waals surface area contributed by atoms with Gasteiger partial charge in [0.25, 0.3) is 10.0 Å². The number of hydrogen-bond donors (Lipinski definition) is 1. The number of hydrogen-bond acceptors (Lipinski definition) is 5. The molecule has 0 bridgehead atoms. The first kappa shape index (κ1) is 29.0. The number of rotatable bonds is 10. The van der Waals surface area contributed by atoms with Crippen LogP contribution < -0.4 is 9.62 Å². The molecular formula is C26H30ClF2N3O3S2. The number of halogens is 3. The van der Waals surface area contributed by atoms with E-state index in [0.717, 1.165) is 33.8 Å². The molecule has 37 heavy (non-hydrogen) atoms. The molecule has 3 rings (SSSR count). The van der Waals surface area contributed by atoms with Crippen LogP contribution >= 0.6 is 22.9 Å². The first-order chi connectivity index (χ1) is 17.3. The lowest BCUT2D eigenvalue weighted by Gasteiger charge is -2.29. The molecule has 3 aromatic rings. The van der Waals surface area contributed by atoms with Gasteiger partial charge >= 0.3 is 0 Å². The minimum atomic E-state index is -4.33. The molecule has 6 nitrogen and oxygen atoms in total. The summed E-state index contributed by atoms with van der Waals surface area (Å²) < 4.78 is 57.0. The molecule has 11 heteroatoms. The van der Waals surface area contributed by atoms with Gasteiger partial charge < -0.3 is 5.32 Å². The first-order valence-corrected chi connectivity index (χ1v) is 14.4. The highest BCUT2D eigenvalue weighted by Crippen LogP contribution is 2.37. The third kappa shape index (κ3) is 7.72. The highest BCUT2D eigenvalue weighted by molar-refractivity contribution is 7.92. The van der Waals surface area contributed by atoms with E-state index in [1.54, 1.807) is 13.1 Å². The molecular weight excluding hydrogens is 540 g/mol.